The molecular weight excluding hydrogens is 394 g/mol. The van der Waals surface area contributed by atoms with Gasteiger partial charge in [-0.05, 0) is 42.0 Å². The van der Waals surface area contributed by atoms with Gasteiger partial charge in [0.05, 0.1) is 29.8 Å². The molecule has 0 aliphatic heterocycles. The topological polar surface area (TPSA) is 105 Å². The Kier molecular flexibility index (Phi) is 5.72. The molecule has 0 unspecified atom stereocenters. The highest BCUT2D eigenvalue weighted by molar-refractivity contribution is 6.05. The van der Waals surface area contributed by atoms with E-state index < -0.39 is 18.5 Å². The molecule has 2 aromatic carbocycles. The average molecular weight is 411 g/mol. The van der Waals surface area contributed by atoms with E-state index in [0.29, 0.717) is 40.0 Å². The molecular formula is C24H17N3O4. The van der Waals surface area contributed by atoms with E-state index in [1.54, 1.807) is 60.7 Å². The monoisotopic (exact) mass is 411 g/mol. The van der Waals surface area contributed by atoms with Gasteiger partial charge in [0, 0.05) is 11.1 Å². The van der Waals surface area contributed by atoms with Gasteiger partial charge < -0.3 is 14.5 Å². The summed E-state index contributed by atoms with van der Waals surface area (Å²) in [7, 11) is 0. The van der Waals surface area contributed by atoms with Gasteiger partial charge in [0.25, 0.3) is 5.91 Å². The number of aromatic nitrogens is 1. The Morgan fingerprint density at radius 1 is 1.06 bits per heavy atom. The summed E-state index contributed by atoms with van der Waals surface area (Å²) in [6.45, 7) is -0.439. The van der Waals surface area contributed by atoms with Crippen LogP contribution in [0.3, 0.4) is 0 Å². The first-order valence-corrected chi connectivity index (χ1v) is 9.50. The van der Waals surface area contributed by atoms with E-state index in [1.165, 1.54) is 6.26 Å². The highest BCUT2D eigenvalue weighted by Gasteiger charge is 2.17. The molecule has 152 valence electrons. The standard InChI is InChI=1S/C24H17N3O4/c25-12-11-16-7-9-17(10-8-16)26-23(28)15-31-24(29)19-14-21(22-6-3-13-30-22)27-20-5-2-1-4-18(19)20/h1-10,13-14H,11,15H2,(H,26,28). The molecule has 0 radical (unpaired) electrons. The number of nitrogens with one attached hydrogen (secondary N) is 1. The Hall–Kier alpha value is -4.44. The molecule has 0 saturated carbocycles. The Labute approximate surface area is 177 Å². The summed E-state index contributed by atoms with van der Waals surface area (Å²) in [6.07, 6.45) is 1.83. The predicted molar refractivity (Wildman–Crippen MR) is 114 cm³/mol. The summed E-state index contributed by atoms with van der Waals surface area (Å²) in [6, 6.07) is 21.2. The van der Waals surface area contributed by atoms with Gasteiger partial charge in [-0.25, -0.2) is 9.78 Å². The van der Waals surface area contributed by atoms with Crippen molar-refractivity contribution < 1.29 is 18.7 Å². The van der Waals surface area contributed by atoms with Gasteiger partial charge in [0.15, 0.2) is 12.4 Å². The van der Waals surface area contributed by atoms with Gasteiger partial charge in [0.2, 0.25) is 0 Å². The summed E-state index contributed by atoms with van der Waals surface area (Å²) in [5, 5.41) is 12.0. The fourth-order valence-corrected chi connectivity index (χ4v) is 3.10. The minimum atomic E-state index is -0.633. The van der Waals surface area contributed by atoms with E-state index >= 15 is 0 Å². The van der Waals surface area contributed by atoms with Crippen LogP contribution in [-0.2, 0) is 16.0 Å². The minimum absolute atomic E-state index is 0.297. The van der Waals surface area contributed by atoms with E-state index in [0.717, 1.165) is 5.56 Å². The number of benzene rings is 2. The summed E-state index contributed by atoms with van der Waals surface area (Å²) < 4.78 is 10.6. The third-order valence-electron chi connectivity index (χ3n) is 4.56. The first-order chi connectivity index (χ1) is 15.1. The summed E-state index contributed by atoms with van der Waals surface area (Å²) >= 11 is 0. The number of nitrogens with zero attached hydrogens (tertiary/aromatic N) is 2. The van der Waals surface area contributed by atoms with Crippen LogP contribution in [-0.4, -0.2) is 23.5 Å². The van der Waals surface area contributed by atoms with Crippen LogP contribution in [0, 0.1) is 11.3 Å². The number of amides is 1. The quantitative estimate of drug-likeness (QED) is 0.473. The minimum Gasteiger partial charge on any atom is -0.463 e. The molecule has 2 aromatic heterocycles. The van der Waals surface area contributed by atoms with Crippen molar-refractivity contribution in [3.63, 3.8) is 0 Å². The second kappa shape index (κ2) is 8.93. The van der Waals surface area contributed by atoms with Crippen molar-refractivity contribution in [1.82, 2.24) is 4.98 Å². The lowest BCUT2D eigenvalue weighted by atomic mass is 10.1. The van der Waals surface area contributed by atoms with Gasteiger partial charge in [0.1, 0.15) is 5.69 Å². The SMILES string of the molecule is N#CCc1ccc(NC(=O)COC(=O)c2cc(-c3ccco3)nc3ccccc23)cc1. The summed E-state index contributed by atoms with van der Waals surface area (Å²) in [5.74, 6) is -0.575. The molecule has 7 nitrogen and oxygen atoms in total. The number of hydrogen-bond donors (Lipinski definition) is 1. The van der Waals surface area contributed by atoms with Crippen molar-refractivity contribution in [2.24, 2.45) is 0 Å². The van der Waals surface area contributed by atoms with E-state index in [1.807, 2.05) is 6.07 Å². The Balaban J connectivity index is 1.48. The first-order valence-electron chi connectivity index (χ1n) is 9.50. The number of carbonyl (C=O) groups excluding carboxylic acids is 2. The number of pyridine rings is 1. The largest absolute Gasteiger partial charge is 0.463 e. The van der Waals surface area contributed by atoms with Crippen LogP contribution in [0.4, 0.5) is 5.69 Å². The number of fused-ring (bicyclic) bond motifs is 1. The van der Waals surface area contributed by atoms with Crippen molar-refractivity contribution in [2.45, 2.75) is 6.42 Å². The zero-order valence-corrected chi connectivity index (χ0v) is 16.4. The number of ether oxygens (including phenoxy) is 1. The summed E-state index contributed by atoms with van der Waals surface area (Å²) in [5.41, 5.74) is 2.81. The Bertz CT molecular complexity index is 1270. The number of anilines is 1. The maximum Gasteiger partial charge on any atom is 0.339 e. The lowest BCUT2D eigenvalue weighted by Crippen LogP contribution is -2.21. The molecule has 0 atom stereocenters. The molecule has 2 heterocycles. The molecule has 0 fully saturated rings. The number of carbonyl (C=O) groups is 2. The molecule has 1 amide bonds. The van der Waals surface area contributed by atoms with Crippen molar-refractivity contribution >= 4 is 28.5 Å². The van der Waals surface area contributed by atoms with Crippen LogP contribution in [0.1, 0.15) is 15.9 Å². The number of hydrogen-bond acceptors (Lipinski definition) is 6. The lowest BCUT2D eigenvalue weighted by Gasteiger charge is -2.10. The third kappa shape index (κ3) is 4.60. The summed E-state index contributed by atoms with van der Waals surface area (Å²) in [4.78, 5) is 29.5. The van der Waals surface area contributed by atoms with Crippen LogP contribution < -0.4 is 5.32 Å². The molecule has 0 aliphatic rings. The number of esters is 1. The molecule has 31 heavy (non-hydrogen) atoms. The van der Waals surface area contributed by atoms with Crippen LogP contribution in [0.15, 0.2) is 77.4 Å². The van der Waals surface area contributed by atoms with Gasteiger partial charge in [-0.2, -0.15) is 5.26 Å². The molecule has 0 spiro atoms. The van der Waals surface area contributed by atoms with Crippen molar-refractivity contribution in [1.29, 1.82) is 5.26 Å². The highest BCUT2D eigenvalue weighted by Crippen LogP contribution is 2.25. The number of rotatable bonds is 6. The van der Waals surface area contributed by atoms with Gasteiger partial charge in [-0.1, -0.05) is 30.3 Å². The molecule has 4 rings (SSSR count). The van der Waals surface area contributed by atoms with Gasteiger partial charge >= 0.3 is 5.97 Å². The van der Waals surface area contributed by atoms with E-state index in [9.17, 15) is 9.59 Å². The molecule has 0 aliphatic carbocycles. The van der Waals surface area contributed by atoms with E-state index in [2.05, 4.69) is 16.4 Å². The van der Waals surface area contributed by atoms with Gasteiger partial charge in [-0.15, -0.1) is 0 Å². The van der Waals surface area contributed by atoms with Crippen molar-refractivity contribution in [3.8, 4) is 17.5 Å². The van der Waals surface area contributed by atoms with E-state index in [4.69, 9.17) is 14.4 Å². The molecule has 4 aromatic rings. The Morgan fingerprint density at radius 2 is 1.87 bits per heavy atom. The second-order valence-corrected chi connectivity index (χ2v) is 6.71. The first kappa shape index (κ1) is 19.9. The fraction of sp³-hybridized carbons (Fsp3) is 0.0833. The number of furan rings is 1. The average Bonchev–Trinajstić information content (AvgIpc) is 3.33. The van der Waals surface area contributed by atoms with Crippen LogP contribution in [0.2, 0.25) is 0 Å². The molecule has 7 heteroatoms. The molecule has 0 bridgehead atoms. The zero-order valence-electron chi connectivity index (χ0n) is 16.4. The van der Waals surface area contributed by atoms with Crippen LogP contribution >= 0.6 is 0 Å². The number of para-hydroxylation sites is 1. The third-order valence-corrected chi connectivity index (χ3v) is 4.56. The van der Waals surface area contributed by atoms with Crippen LogP contribution in [0.5, 0.6) is 0 Å². The molecule has 0 saturated heterocycles. The van der Waals surface area contributed by atoms with Crippen LogP contribution in [0.25, 0.3) is 22.4 Å². The highest BCUT2D eigenvalue weighted by atomic mass is 16.5. The normalized spacial score (nSPS) is 10.4. The number of nitriles is 1. The predicted octanol–water partition coefficient (Wildman–Crippen LogP) is 4.36. The lowest BCUT2D eigenvalue weighted by molar-refractivity contribution is -0.119. The fourth-order valence-electron chi connectivity index (χ4n) is 3.10. The van der Waals surface area contributed by atoms with Crippen molar-refractivity contribution in [2.75, 3.05) is 11.9 Å². The van der Waals surface area contributed by atoms with Crippen molar-refractivity contribution in [3.05, 3.63) is 84.1 Å². The van der Waals surface area contributed by atoms with E-state index in [-0.39, 0.29) is 0 Å². The zero-order chi connectivity index (χ0) is 21.6. The Morgan fingerprint density at radius 3 is 2.61 bits per heavy atom. The smallest absolute Gasteiger partial charge is 0.339 e. The maximum absolute atomic E-state index is 12.8. The second-order valence-electron chi connectivity index (χ2n) is 6.71. The maximum atomic E-state index is 12.8. The van der Waals surface area contributed by atoms with Gasteiger partial charge in [-0.3, -0.25) is 4.79 Å². The molecule has 1 N–H and O–H groups in total.